The first-order valence-electron chi connectivity index (χ1n) is 13.4. The monoisotopic (exact) mass is 507 g/mol. The van der Waals surface area contributed by atoms with E-state index in [9.17, 15) is 4.79 Å². The number of amides is 1. The van der Waals surface area contributed by atoms with E-state index in [0.29, 0.717) is 24.6 Å². The maximum atomic E-state index is 14.2. The number of imidazole rings is 1. The van der Waals surface area contributed by atoms with Gasteiger partial charge in [0.2, 0.25) is 0 Å². The Morgan fingerprint density at radius 2 is 1.71 bits per heavy atom. The number of pyridine rings is 1. The van der Waals surface area contributed by atoms with Crippen molar-refractivity contribution in [3.63, 3.8) is 0 Å². The molecular formula is C32H37N5O. The summed E-state index contributed by atoms with van der Waals surface area (Å²) in [6.45, 7) is 11.7. The molecule has 0 radical (unpaired) electrons. The van der Waals surface area contributed by atoms with E-state index in [-0.39, 0.29) is 17.4 Å². The molecule has 1 atom stereocenters. The predicted molar refractivity (Wildman–Crippen MR) is 152 cm³/mol. The molecule has 0 spiro atoms. The third-order valence-electron chi connectivity index (χ3n) is 7.19. The number of hydrogen-bond acceptors (Lipinski definition) is 4. The quantitative estimate of drug-likeness (QED) is 0.330. The number of aryl methyl sites for hydroxylation is 1. The van der Waals surface area contributed by atoms with E-state index in [1.54, 1.807) is 6.20 Å². The first-order valence-corrected chi connectivity index (χ1v) is 13.4. The Labute approximate surface area is 225 Å². The van der Waals surface area contributed by atoms with Crippen LogP contribution in [0.3, 0.4) is 0 Å². The number of aromatic nitrogens is 3. The van der Waals surface area contributed by atoms with Gasteiger partial charge in [0.15, 0.2) is 0 Å². The maximum absolute atomic E-state index is 14.2. The van der Waals surface area contributed by atoms with E-state index in [1.165, 1.54) is 5.56 Å². The van der Waals surface area contributed by atoms with Crippen molar-refractivity contribution in [1.29, 1.82) is 0 Å². The summed E-state index contributed by atoms with van der Waals surface area (Å²) in [6, 6.07) is 24.3. The number of rotatable bonds is 8. The van der Waals surface area contributed by atoms with Crippen molar-refractivity contribution >= 4 is 5.91 Å². The summed E-state index contributed by atoms with van der Waals surface area (Å²) in [5.74, 6) is 1.31. The highest BCUT2D eigenvalue weighted by molar-refractivity contribution is 5.94. The number of hydrogen-bond donors (Lipinski definition) is 1. The van der Waals surface area contributed by atoms with E-state index >= 15 is 0 Å². The van der Waals surface area contributed by atoms with E-state index in [2.05, 4.69) is 83.1 Å². The van der Waals surface area contributed by atoms with Gasteiger partial charge in [0.05, 0.1) is 17.3 Å². The highest BCUT2D eigenvalue weighted by atomic mass is 16.2. The van der Waals surface area contributed by atoms with Gasteiger partial charge in [-0.25, -0.2) is 4.98 Å². The molecule has 2 aromatic carbocycles. The lowest BCUT2D eigenvalue weighted by molar-refractivity contribution is 0.0393. The van der Waals surface area contributed by atoms with Crippen molar-refractivity contribution in [2.24, 2.45) is 11.3 Å². The van der Waals surface area contributed by atoms with Gasteiger partial charge in [-0.05, 0) is 30.0 Å². The van der Waals surface area contributed by atoms with Crippen LogP contribution in [0.4, 0.5) is 0 Å². The van der Waals surface area contributed by atoms with Crippen LogP contribution >= 0.6 is 0 Å². The molecule has 1 fully saturated rings. The zero-order chi connectivity index (χ0) is 26.7. The van der Waals surface area contributed by atoms with Crippen LogP contribution in [0.5, 0.6) is 0 Å². The van der Waals surface area contributed by atoms with Crippen molar-refractivity contribution in [1.82, 2.24) is 24.8 Å². The van der Waals surface area contributed by atoms with E-state index in [0.717, 1.165) is 35.9 Å². The predicted octanol–water partition coefficient (Wildman–Crippen LogP) is 5.75. The largest absolute Gasteiger partial charge is 0.328 e. The number of benzene rings is 2. The molecule has 38 heavy (non-hydrogen) atoms. The van der Waals surface area contributed by atoms with Gasteiger partial charge in [0, 0.05) is 55.7 Å². The van der Waals surface area contributed by atoms with Gasteiger partial charge in [-0.1, -0.05) is 81.4 Å². The Morgan fingerprint density at radius 1 is 1.03 bits per heavy atom. The molecule has 6 nitrogen and oxygen atoms in total. The Bertz CT molecular complexity index is 1350. The fraction of sp³-hybridized carbons (Fsp3) is 0.344. The summed E-state index contributed by atoms with van der Waals surface area (Å²) < 4.78 is 2.24. The van der Waals surface area contributed by atoms with Gasteiger partial charge < -0.3 is 14.8 Å². The molecule has 1 N–H and O–H groups in total. The average molecular weight is 508 g/mol. The minimum Gasteiger partial charge on any atom is -0.328 e. The van der Waals surface area contributed by atoms with Crippen molar-refractivity contribution in [2.45, 2.75) is 40.3 Å². The zero-order valence-electron chi connectivity index (χ0n) is 22.8. The highest BCUT2D eigenvalue weighted by Crippen LogP contribution is 2.40. The van der Waals surface area contributed by atoms with Crippen LogP contribution < -0.4 is 5.32 Å². The van der Waals surface area contributed by atoms with Crippen LogP contribution in [0, 0.1) is 18.3 Å². The fourth-order valence-corrected chi connectivity index (χ4v) is 5.12. The van der Waals surface area contributed by atoms with Gasteiger partial charge in [-0.15, -0.1) is 0 Å². The lowest BCUT2D eigenvalue weighted by Crippen LogP contribution is -2.52. The standard InChI is InChI=1S/C32H37N5O/c1-23-15-16-27(19-34-23)31(38)37(21-25-17-33-18-25)29(32(2,3)4)30-35-28(26-13-9-6-10-14-26)22-36(30)20-24-11-7-5-8-12-24/h5-16,19,22,25,29,33H,17-18,20-21H2,1-4H3/t29-/m0/s1. The summed E-state index contributed by atoms with van der Waals surface area (Å²) in [7, 11) is 0. The Morgan fingerprint density at radius 3 is 2.29 bits per heavy atom. The Kier molecular flexibility index (Phi) is 7.43. The smallest absolute Gasteiger partial charge is 0.256 e. The van der Waals surface area contributed by atoms with Crippen LogP contribution in [-0.4, -0.2) is 45.0 Å². The molecular weight excluding hydrogens is 470 g/mol. The van der Waals surface area contributed by atoms with E-state index in [4.69, 9.17) is 4.98 Å². The second kappa shape index (κ2) is 10.9. The third-order valence-corrected chi connectivity index (χ3v) is 7.19. The molecule has 1 amide bonds. The molecule has 3 heterocycles. The molecule has 6 heteroatoms. The maximum Gasteiger partial charge on any atom is 0.256 e. The summed E-state index contributed by atoms with van der Waals surface area (Å²) >= 11 is 0. The number of nitrogens with one attached hydrogen (secondary N) is 1. The summed E-state index contributed by atoms with van der Waals surface area (Å²) in [6.07, 6.45) is 3.84. The van der Waals surface area contributed by atoms with Gasteiger partial charge in [-0.3, -0.25) is 9.78 Å². The first kappa shape index (κ1) is 25.9. The number of carbonyl (C=O) groups is 1. The molecule has 1 saturated heterocycles. The molecule has 4 aromatic rings. The van der Waals surface area contributed by atoms with Crippen LogP contribution in [-0.2, 0) is 6.54 Å². The van der Waals surface area contributed by atoms with Crippen LogP contribution in [0.15, 0.2) is 85.2 Å². The van der Waals surface area contributed by atoms with Gasteiger partial charge in [0.1, 0.15) is 5.82 Å². The van der Waals surface area contributed by atoms with Crippen LogP contribution in [0.25, 0.3) is 11.3 Å². The van der Waals surface area contributed by atoms with E-state index < -0.39 is 0 Å². The molecule has 1 aliphatic heterocycles. The summed E-state index contributed by atoms with van der Waals surface area (Å²) in [4.78, 5) is 25.9. The Hall–Kier alpha value is -3.77. The van der Waals surface area contributed by atoms with Crippen molar-refractivity contribution < 1.29 is 4.79 Å². The SMILES string of the molecule is Cc1ccc(C(=O)N(CC2CNC2)[C@@H](c2nc(-c3ccccc3)cn2Cc2ccccc2)C(C)(C)C)cn1. The molecule has 0 aliphatic carbocycles. The summed E-state index contributed by atoms with van der Waals surface area (Å²) in [5.41, 5.74) is 4.43. The second-order valence-electron chi connectivity index (χ2n) is 11.4. The van der Waals surface area contributed by atoms with E-state index in [1.807, 2.05) is 43.3 Å². The Balaban J connectivity index is 1.63. The topological polar surface area (TPSA) is 63.1 Å². The molecule has 5 rings (SSSR count). The van der Waals surface area contributed by atoms with Crippen LogP contribution in [0.1, 0.15) is 54.3 Å². The molecule has 1 aliphatic rings. The molecule has 0 unspecified atom stereocenters. The lowest BCUT2D eigenvalue weighted by Gasteiger charge is -2.43. The molecule has 0 saturated carbocycles. The zero-order valence-corrected chi connectivity index (χ0v) is 22.8. The first-order chi connectivity index (χ1) is 18.3. The van der Waals surface area contributed by atoms with Gasteiger partial charge in [0.25, 0.3) is 5.91 Å². The van der Waals surface area contributed by atoms with Crippen molar-refractivity contribution in [3.05, 3.63) is 108 Å². The highest BCUT2D eigenvalue weighted by Gasteiger charge is 2.40. The fourth-order valence-electron chi connectivity index (χ4n) is 5.12. The molecule has 2 aromatic heterocycles. The van der Waals surface area contributed by atoms with Gasteiger partial charge in [-0.2, -0.15) is 0 Å². The second-order valence-corrected chi connectivity index (χ2v) is 11.4. The van der Waals surface area contributed by atoms with Crippen LogP contribution in [0.2, 0.25) is 0 Å². The van der Waals surface area contributed by atoms with Gasteiger partial charge >= 0.3 is 0 Å². The number of carbonyl (C=O) groups excluding carboxylic acids is 1. The third kappa shape index (κ3) is 5.70. The lowest BCUT2D eigenvalue weighted by atomic mass is 9.83. The average Bonchev–Trinajstić information content (AvgIpc) is 3.28. The number of nitrogens with zero attached hydrogens (tertiary/aromatic N) is 4. The summed E-state index contributed by atoms with van der Waals surface area (Å²) in [5, 5.41) is 3.37. The van der Waals surface area contributed by atoms with Crippen molar-refractivity contribution in [2.75, 3.05) is 19.6 Å². The molecule has 196 valence electrons. The normalized spacial score (nSPS) is 14.6. The molecule has 0 bridgehead atoms. The minimum atomic E-state index is -0.265. The minimum absolute atomic E-state index is 0.000141. The van der Waals surface area contributed by atoms with Crippen molar-refractivity contribution in [3.8, 4) is 11.3 Å².